The second-order valence-electron chi connectivity index (χ2n) is 2.51. The second kappa shape index (κ2) is 3.22. The molecule has 0 spiro atoms. The molecule has 0 radical (unpaired) electrons. The number of carbonyl (C=O) groups excluding carboxylic acids is 1. The van der Waals surface area contributed by atoms with Crippen LogP contribution in [0.1, 0.15) is 20.8 Å². The van der Waals surface area contributed by atoms with Gasteiger partial charge in [-0.05, 0) is 6.07 Å². The van der Waals surface area contributed by atoms with Gasteiger partial charge >= 0.3 is 5.97 Å². The number of aromatic nitrogens is 1. The molecule has 1 heterocycles. The Morgan fingerprint density at radius 2 is 2.08 bits per heavy atom. The fraction of sp³-hybridized carbons (Fsp3) is 0.125. The summed E-state index contributed by atoms with van der Waals surface area (Å²) in [4.78, 5) is 20.9. The van der Waals surface area contributed by atoms with Gasteiger partial charge in [-0.1, -0.05) is 0 Å². The highest BCUT2D eigenvalue weighted by Gasteiger charge is 2.15. The molecule has 0 saturated carbocycles. The van der Waals surface area contributed by atoms with E-state index in [9.17, 15) is 14.7 Å². The molecule has 0 aliphatic carbocycles. The SMILES string of the molecule is C[n+]1cc(C(=O)[O-])ccc1C(=O)O. The molecule has 1 rings (SSSR count). The number of pyridine rings is 1. The van der Waals surface area contributed by atoms with Crippen LogP contribution in [-0.4, -0.2) is 17.0 Å². The molecule has 0 unspecified atom stereocenters. The van der Waals surface area contributed by atoms with Gasteiger partial charge in [-0.3, -0.25) is 0 Å². The first-order valence-corrected chi connectivity index (χ1v) is 3.46. The van der Waals surface area contributed by atoms with Crippen molar-refractivity contribution in [1.82, 2.24) is 0 Å². The van der Waals surface area contributed by atoms with Crippen LogP contribution >= 0.6 is 0 Å². The Kier molecular flexibility index (Phi) is 2.27. The van der Waals surface area contributed by atoms with Crippen LogP contribution in [0.4, 0.5) is 0 Å². The third kappa shape index (κ3) is 1.81. The zero-order valence-electron chi connectivity index (χ0n) is 6.85. The summed E-state index contributed by atoms with van der Waals surface area (Å²) in [6, 6.07) is 2.41. The van der Waals surface area contributed by atoms with Crippen molar-refractivity contribution < 1.29 is 24.4 Å². The molecule has 0 amide bonds. The lowest BCUT2D eigenvalue weighted by Gasteiger charge is -2.00. The predicted molar refractivity (Wildman–Crippen MR) is 38.9 cm³/mol. The van der Waals surface area contributed by atoms with E-state index < -0.39 is 11.9 Å². The van der Waals surface area contributed by atoms with E-state index in [4.69, 9.17) is 5.11 Å². The number of hydrogen-bond donors (Lipinski definition) is 1. The molecule has 0 aliphatic rings. The zero-order chi connectivity index (χ0) is 10.0. The molecule has 0 aromatic carbocycles. The quantitative estimate of drug-likeness (QED) is 0.567. The number of aromatic carboxylic acids is 2. The maximum absolute atomic E-state index is 10.5. The Morgan fingerprint density at radius 1 is 1.46 bits per heavy atom. The van der Waals surface area contributed by atoms with Crippen molar-refractivity contribution in [3.8, 4) is 0 Å². The number of aryl methyl sites for hydroxylation is 1. The first-order valence-electron chi connectivity index (χ1n) is 3.46. The lowest BCUT2D eigenvalue weighted by atomic mass is 10.2. The minimum absolute atomic E-state index is 0.0185. The highest BCUT2D eigenvalue weighted by Crippen LogP contribution is 1.96. The Morgan fingerprint density at radius 3 is 2.46 bits per heavy atom. The van der Waals surface area contributed by atoms with Crippen LogP contribution < -0.4 is 9.67 Å². The predicted octanol–water partition coefficient (Wildman–Crippen LogP) is -1.43. The van der Waals surface area contributed by atoms with Crippen LogP contribution in [0.2, 0.25) is 0 Å². The van der Waals surface area contributed by atoms with Crippen molar-refractivity contribution in [2.24, 2.45) is 7.05 Å². The maximum Gasteiger partial charge on any atom is 0.401 e. The molecule has 0 fully saturated rings. The van der Waals surface area contributed by atoms with Gasteiger partial charge in [0.25, 0.3) is 5.69 Å². The molecular formula is C8H7NO4. The lowest BCUT2D eigenvalue weighted by molar-refractivity contribution is -0.674. The van der Waals surface area contributed by atoms with Crippen molar-refractivity contribution in [1.29, 1.82) is 0 Å². The Hall–Kier alpha value is -1.91. The van der Waals surface area contributed by atoms with Crippen LogP contribution in [0.5, 0.6) is 0 Å². The van der Waals surface area contributed by atoms with Crippen molar-refractivity contribution in [3.05, 3.63) is 29.6 Å². The summed E-state index contributed by atoms with van der Waals surface area (Å²) < 4.78 is 1.22. The van der Waals surface area contributed by atoms with Crippen LogP contribution in [-0.2, 0) is 7.05 Å². The number of nitrogens with zero attached hydrogens (tertiary/aromatic N) is 1. The van der Waals surface area contributed by atoms with E-state index in [0.717, 1.165) is 0 Å². The Bertz CT molecular complexity index is 372. The smallest absolute Gasteiger partial charge is 0.401 e. The molecule has 68 valence electrons. The molecule has 0 bridgehead atoms. The van der Waals surface area contributed by atoms with Gasteiger partial charge in [-0.15, -0.1) is 0 Å². The topological polar surface area (TPSA) is 81.3 Å². The molecule has 1 aromatic heterocycles. The van der Waals surface area contributed by atoms with Crippen LogP contribution in [0, 0.1) is 0 Å². The molecule has 5 heteroatoms. The van der Waals surface area contributed by atoms with E-state index in [2.05, 4.69) is 0 Å². The van der Waals surface area contributed by atoms with Gasteiger partial charge in [-0.25, -0.2) is 4.79 Å². The van der Waals surface area contributed by atoms with E-state index >= 15 is 0 Å². The Labute approximate surface area is 73.9 Å². The average molecular weight is 181 g/mol. The summed E-state index contributed by atoms with van der Waals surface area (Å²) >= 11 is 0. The average Bonchev–Trinajstić information content (AvgIpc) is 2.03. The normalized spacial score (nSPS) is 9.62. The molecule has 0 aliphatic heterocycles. The third-order valence-corrected chi connectivity index (χ3v) is 1.59. The summed E-state index contributed by atoms with van der Waals surface area (Å²) in [7, 11) is 1.45. The summed E-state index contributed by atoms with van der Waals surface area (Å²) in [5.74, 6) is -2.43. The summed E-state index contributed by atoms with van der Waals surface area (Å²) in [6.07, 6.45) is 1.19. The number of hydrogen-bond acceptors (Lipinski definition) is 3. The van der Waals surface area contributed by atoms with Crippen LogP contribution in [0.3, 0.4) is 0 Å². The van der Waals surface area contributed by atoms with Crippen molar-refractivity contribution in [2.75, 3.05) is 0 Å². The van der Waals surface area contributed by atoms with Crippen molar-refractivity contribution >= 4 is 11.9 Å². The minimum atomic E-state index is -1.33. The van der Waals surface area contributed by atoms with Gasteiger partial charge in [0.2, 0.25) is 0 Å². The van der Waals surface area contributed by atoms with Gasteiger partial charge < -0.3 is 15.0 Å². The molecule has 1 N–H and O–H groups in total. The third-order valence-electron chi connectivity index (χ3n) is 1.59. The van der Waals surface area contributed by atoms with Gasteiger partial charge in [0.05, 0.1) is 11.5 Å². The summed E-state index contributed by atoms with van der Waals surface area (Å²) in [5.41, 5.74) is -0.0301. The highest BCUT2D eigenvalue weighted by molar-refractivity contribution is 5.87. The number of carboxylic acid groups (broad SMARTS) is 2. The number of carbonyl (C=O) groups is 2. The van der Waals surface area contributed by atoms with Crippen LogP contribution in [0.15, 0.2) is 18.3 Å². The first-order chi connectivity index (χ1) is 6.02. The van der Waals surface area contributed by atoms with Crippen molar-refractivity contribution in [2.45, 2.75) is 0 Å². The highest BCUT2D eigenvalue weighted by atomic mass is 16.4. The van der Waals surface area contributed by atoms with E-state index in [1.54, 1.807) is 0 Å². The zero-order valence-corrected chi connectivity index (χ0v) is 6.85. The van der Waals surface area contributed by atoms with E-state index in [1.165, 1.54) is 29.9 Å². The fourth-order valence-electron chi connectivity index (χ4n) is 0.950. The van der Waals surface area contributed by atoms with Crippen molar-refractivity contribution in [3.63, 3.8) is 0 Å². The number of carboxylic acids is 2. The molecular weight excluding hydrogens is 174 g/mol. The van der Waals surface area contributed by atoms with E-state index in [-0.39, 0.29) is 11.3 Å². The number of rotatable bonds is 2. The van der Waals surface area contributed by atoms with Gasteiger partial charge in [-0.2, -0.15) is 4.57 Å². The molecule has 5 nitrogen and oxygen atoms in total. The summed E-state index contributed by atoms with van der Waals surface area (Å²) in [6.45, 7) is 0. The molecule has 0 saturated heterocycles. The van der Waals surface area contributed by atoms with Gasteiger partial charge in [0.1, 0.15) is 7.05 Å². The second-order valence-corrected chi connectivity index (χ2v) is 2.51. The Balaban J connectivity index is 3.20. The largest absolute Gasteiger partial charge is 0.545 e. The lowest BCUT2D eigenvalue weighted by Crippen LogP contribution is -2.38. The standard InChI is InChI=1S/C8H7NO4/c1-9-4-5(7(10)11)2-3-6(9)8(12)13/h2-4H,1H3,(H-,10,11,12,13). The van der Waals surface area contributed by atoms with Gasteiger partial charge in [0.15, 0.2) is 6.20 Å². The first kappa shape index (κ1) is 9.18. The van der Waals surface area contributed by atoms with Crippen LogP contribution in [0.25, 0.3) is 0 Å². The fourth-order valence-corrected chi connectivity index (χ4v) is 0.950. The maximum atomic E-state index is 10.5. The molecule has 13 heavy (non-hydrogen) atoms. The monoisotopic (exact) mass is 181 g/mol. The van der Waals surface area contributed by atoms with E-state index in [1.807, 2.05) is 0 Å². The summed E-state index contributed by atoms with van der Waals surface area (Å²) in [5, 5.41) is 19.0. The van der Waals surface area contributed by atoms with E-state index in [0.29, 0.717) is 0 Å². The minimum Gasteiger partial charge on any atom is -0.545 e. The van der Waals surface area contributed by atoms with Gasteiger partial charge in [0, 0.05) is 6.07 Å². The molecule has 1 aromatic rings. The molecule has 0 atom stereocenters.